The van der Waals surface area contributed by atoms with Gasteiger partial charge in [0.1, 0.15) is 5.69 Å². The van der Waals surface area contributed by atoms with E-state index in [0.717, 1.165) is 0 Å². The number of hydrogen-bond donors (Lipinski definition) is 1. The Hall–Kier alpha value is -1.66. The predicted molar refractivity (Wildman–Crippen MR) is 73.3 cm³/mol. The number of rotatable bonds is 2. The average Bonchev–Trinajstić information content (AvgIpc) is 2.81. The Morgan fingerprint density at radius 1 is 0.913 bits per heavy atom. The van der Waals surface area contributed by atoms with Gasteiger partial charge >= 0.3 is 0 Å². The van der Waals surface area contributed by atoms with Gasteiger partial charge in [-0.05, 0) is 24.2 Å². The molecule has 3 rings (SSSR count). The van der Waals surface area contributed by atoms with E-state index in [1.807, 2.05) is 13.8 Å². The van der Waals surface area contributed by atoms with Crippen LogP contribution in [0, 0.1) is 45.8 Å². The third-order valence-electron chi connectivity index (χ3n) is 6.04. The Bertz CT molecular complexity index is 688. The Labute approximate surface area is 130 Å². The molecule has 0 aromatic heterocycles. The van der Waals surface area contributed by atoms with Crippen molar-refractivity contribution >= 4 is 11.5 Å². The van der Waals surface area contributed by atoms with E-state index in [9.17, 15) is 26.7 Å². The largest absolute Gasteiger partial charge is 0.370 e. The van der Waals surface area contributed by atoms with Gasteiger partial charge in [0.15, 0.2) is 29.1 Å². The zero-order valence-electron chi connectivity index (χ0n) is 12.9. The van der Waals surface area contributed by atoms with E-state index in [1.165, 1.54) is 0 Å². The predicted octanol–water partition coefficient (Wildman–Crippen LogP) is 4.19. The minimum absolute atomic E-state index is 0.227. The maximum absolute atomic E-state index is 13.8. The van der Waals surface area contributed by atoms with Gasteiger partial charge in [-0.3, -0.25) is 4.79 Å². The molecule has 2 nitrogen and oxygen atoms in total. The first-order valence-electron chi connectivity index (χ1n) is 7.36. The first kappa shape index (κ1) is 16.2. The lowest BCUT2D eigenvalue weighted by Crippen LogP contribution is -2.39. The molecule has 2 bridgehead atoms. The molecule has 2 saturated carbocycles. The lowest BCUT2D eigenvalue weighted by Gasteiger charge is -2.32. The molecule has 1 N–H and O–H groups in total. The van der Waals surface area contributed by atoms with Crippen LogP contribution in [-0.2, 0) is 4.79 Å². The summed E-state index contributed by atoms with van der Waals surface area (Å²) < 4.78 is 67.3. The standard InChI is InChI=1S/C16H16F5NO/c1-15(2)6-4-5-16(15,3)14(23)12(6)22-13-10(20)8(18)7(17)9(19)11(13)21/h6,12,22H,4-5H2,1-3H3/t6-,12+,16+/m1/s1. The van der Waals surface area contributed by atoms with E-state index < -0.39 is 51.6 Å². The summed E-state index contributed by atoms with van der Waals surface area (Å²) in [5, 5.41) is 2.30. The summed E-state index contributed by atoms with van der Waals surface area (Å²) in [5.74, 6) is -10.6. The fraction of sp³-hybridized carbons (Fsp3) is 0.562. The van der Waals surface area contributed by atoms with E-state index >= 15 is 0 Å². The lowest BCUT2D eigenvalue weighted by molar-refractivity contribution is -0.128. The van der Waals surface area contributed by atoms with Crippen LogP contribution < -0.4 is 5.32 Å². The highest BCUT2D eigenvalue weighted by atomic mass is 19.2. The molecular formula is C16H16F5NO. The molecular weight excluding hydrogens is 317 g/mol. The number of fused-ring (bicyclic) bond motifs is 2. The second kappa shape index (κ2) is 4.68. The van der Waals surface area contributed by atoms with Gasteiger partial charge in [-0.2, -0.15) is 0 Å². The first-order chi connectivity index (χ1) is 10.5. The molecule has 2 aliphatic carbocycles. The van der Waals surface area contributed by atoms with Gasteiger partial charge in [-0.25, -0.2) is 22.0 Å². The normalized spacial score (nSPS) is 31.7. The fourth-order valence-electron chi connectivity index (χ4n) is 4.14. The number of ketones is 1. The topological polar surface area (TPSA) is 29.1 Å². The molecule has 0 unspecified atom stereocenters. The van der Waals surface area contributed by atoms with Crippen LogP contribution in [-0.4, -0.2) is 11.8 Å². The Balaban J connectivity index is 2.04. The molecule has 126 valence electrons. The highest BCUT2D eigenvalue weighted by molar-refractivity contribution is 5.96. The SMILES string of the molecule is CC1(C)[C@@H]2CC[C@@]1(C)C(=O)[C@H]2Nc1c(F)c(F)c(F)c(F)c1F. The number of nitrogens with one attached hydrogen (secondary N) is 1. The number of carbonyl (C=O) groups is 1. The van der Waals surface area contributed by atoms with Crippen molar-refractivity contribution in [2.24, 2.45) is 16.7 Å². The second-order valence-corrected chi connectivity index (χ2v) is 7.13. The van der Waals surface area contributed by atoms with Crippen LogP contribution in [0.5, 0.6) is 0 Å². The van der Waals surface area contributed by atoms with Crippen molar-refractivity contribution in [3.63, 3.8) is 0 Å². The van der Waals surface area contributed by atoms with Gasteiger partial charge < -0.3 is 5.32 Å². The number of carbonyl (C=O) groups excluding carboxylic acids is 1. The molecule has 2 fully saturated rings. The average molecular weight is 333 g/mol. The highest BCUT2D eigenvalue weighted by Crippen LogP contribution is 2.64. The van der Waals surface area contributed by atoms with E-state index in [-0.39, 0.29) is 11.7 Å². The van der Waals surface area contributed by atoms with Crippen molar-refractivity contribution in [3.8, 4) is 0 Å². The Morgan fingerprint density at radius 3 is 1.83 bits per heavy atom. The fourth-order valence-corrected chi connectivity index (χ4v) is 4.14. The molecule has 0 amide bonds. The van der Waals surface area contributed by atoms with E-state index in [4.69, 9.17) is 0 Å². The van der Waals surface area contributed by atoms with Crippen LogP contribution >= 0.6 is 0 Å². The number of hydrogen-bond acceptors (Lipinski definition) is 2. The van der Waals surface area contributed by atoms with Crippen LogP contribution in [0.2, 0.25) is 0 Å². The molecule has 0 radical (unpaired) electrons. The summed E-state index contributed by atoms with van der Waals surface area (Å²) >= 11 is 0. The summed E-state index contributed by atoms with van der Waals surface area (Å²) in [5.41, 5.74) is -2.21. The summed E-state index contributed by atoms with van der Waals surface area (Å²) in [6, 6.07) is -0.961. The molecule has 0 saturated heterocycles. The van der Waals surface area contributed by atoms with Gasteiger partial charge in [0.2, 0.25) is 5.82 Å². The quantitative estimate of drug-likeness (QED) is 0.500. The molecule has 0 heterocycles. The summed E-state index contributed by atoms with van der Waals surface area (Å²) in [4.78, 5) is 12.6. The number of halogens is 5. The highest BCUT2D eigenvalue weighted by Gasteiger charge is 2.66. The lowest BCUT2D eigenvalue weighted by atomic mass is 9.70. The smallest absolute Gasteiger partial charge is 0.200 e. The van der Waals surface area contributed by atoms with Gasteiger partial charge in [-0.15, -0.1) is 0 Å². The molecule has 3 atom stereocenters. The Morgan fingerprint density at radius 2 is 1.39 bits per heavy atom. The summed E-state index contributed by atoms with van der Waals surface area (Å²) in [6.45, 7) is 5.57. The maximum atomic E-state index is 13.8. The first-order valence-corrected chi connectivity index (χ1v) is 7.36. The molecule has 0 aliphatic heterocycles. The van der Waals surface area contributed by atoms with Crippen molar-refractivity contribution in [2.75, 3.05) is 5.32 Å². The van der Waals surface area contributed by atoms with E-state index in [0.29, 0.717) is 12.8 Å². The summed E-state index contributed by atoms with van der Waals surface area (Å²) in [7, 11) is 0. The van der Waals surface area contributed by atoms with Crippen LogP contribution in [0.25, 0.3) is 0 Å². The molecule has 7 heteroatoms. The minimum atomic E-state index is -2.21. The molecule has 23 heavy (non-hydrogen) atoms. The van der Waals surface area contributed by atoms with Crippen LogP contribution in [0.3, 0.4) is 0 Å². The molecule has 0 spiro atoms. The van der Waals surface area contributed by atoms with Gasteiger partial charge in [0, 0.05) is 5.41 Å². The molecule has 2 aliphatic rings. The van der Waals surface area contributed by atoms with Crippen LogP contribution in [0.1, 0.15) is 33.6 Å². The van der Waals surface area contributed by atoms with Crippen molar-refractivity contribution in [2.45, 2.75) is 39.7 Å². The van der Waals surface area contributed by atoms with Crippen LogP contribution in [0.15, 0.2) is 0 Å². The van der Waals surface area contributed by atoms with E-state index in [1.54, 1.807) is 6.92 Å². The number of Topliss-reactive ketones (excluding diaryl/α,β-unsaturated/α-hetero) is 1. The Kier molecular flexibility index (Phi) is 3.29. The molecule has 1 aromatic rings. The zero-order valence-corrected chi connectivity index (χ0v) is 12.9. The maximum Gasteiger partial charge on any atom is 0.200 e. The summed E-state index contributed by atoms with van der Waals surface area (Å²) in [6.07, 6.45) is 1.31. The van der Waals surface area contributed by atoms with Crippen molar-refractivity contribution in [1.82, 2.24) is 0 Å². The van der Waals surface area contributed by atoms with Gasteiger partial charge in [0.25, 0.3) is 0 Å². The third-order valence-corrected chi connectivity index (χ3v) is 6.04. The van der Waals surface area contributed by atoms with Crippen LogP contribution in [0.4, 0.5) is 27.6 Å². The van der Waals surface area contributed by atoms with Crippen molar-refractivity contribution in [1.29, 1.82) is 0 Å². The minimum Gasteiger partial charge on any atom is -0.370 e. The van der Waals surface area contributed by atoms with E-state index in [2.05, 4.69) is 5.32 Å². The van der Waals surface area contributed by atoms with Gasteiger partial charge in [0.05, 0.1) is 6.04 Å². The monoisotopic (exact) mass is 333 g/mol. The van der Waals surface area contributed by atoms with Crippen molar-refractivity contribution in [3.05, 3.63) is 29.1 Å². The molecule has 1 aromatic carbocycles. The van der Waals surface area contributed by atoms with Gasteiger partial charge in [-0.1, -0.05) is 20.8 Å². The number of anilines is 1. The van der Waals surface area contributed by atoms with Crippen molar-refractivity contribution < 1.29 is 26.7 Å². The zero-order chi connectivity index (χ0) is 17.3. The number of benzene rings is 1. The third kappa shape index (κ3) is 1.82. The second-order valence-electron chi connectivity index (χ2n) is 7.13.